The Hall–Kier alpha value is -4.04. The zero-order chi connectivity index (χ0) is 28.1. The largest absolute Gasteiger partial charge is 0.497 e. The van der Waals surface area contributed by atoms with Crippen molar-refractivity contribution in [2.45, 2.75) is 45.9 Å². The van der Waals surface area contributed by atoms with Gasteiger partial charge in [-0.3, -0.25) is 9.59 Å². The number of amides is 1. The Bertz CT molecular complexity index is 1350. The fraction of sp³-hybridized carbons (Fsp3) is 0.355. The van der Waals surface area contributed by atoms with Crippen LogP contribution in [-0.4, -0.2) is 45.9 Å². The number of benzene rings is 3. The summed E-state index contributed by atoms with van der Waals surface area (Å²) in [6.07, 6.45) is -1.91. The Morgan fingerprint density at radius 1 is 0.923 bits per heavy atom. The van der Waals surface area contributed by atoms with E-state index in [-0.39, 0.29) is 25.5 Å². The van der Waals surface area contributed by atoms with E-state index in [4.69, 9.17) is 23.7 Å². The van der Waals surface area contributed by atoms with Crippen molar-refractivity contribution in [2.24, 2.45) is 0 Å². The predicted molar refractivity (Wildman–Crippen MR) is 148 cm³/mol. The Morgan fingerprint density at radius 3 is 2.38 bits per heavy atom. The Kier molecular flexibility index (Phi) is 8.76. The van der Waals surface area contributed by atoms with Crippen LogP contribution in [0.5, 0.6) is 17.2 Å². The van der Waals surface area contributed by atoms with Gasteiger partial charge in [-0.25, -0.2) is 0 Å². The van der Waals surface area contributed by atoms with E-state index in [1.165, 1.54) is 0 Å². The number of carbonyl (C=O) groups is 2. The summed E-state index contributed by atoms with van der Waals surface area (Å²) >= 11 is 0. The Balaban J connectivity index is 1.88. The van der Waals surface area contributed by atoms with Crippen LogP contribution in [0.3, 0.4) is 0 Å². The minimum Gasteiger partial charge on any atom is -0.497 e. The van der Waals surface area contributed by atoms with Crippen LogP contribution in [0.2, 0.25) is 0 Å². The van der Waals surface area contributed by atoms with Crippen molar-refractivity contribution in [1.82, 2.24) is 0 Å². The molecule has 2 atom stereocenters. The molecule has 1 aliphatic heterocycles. The fourth-order valence-electron chi connectivity index (χ4n) is 4.92. The molecule has 0 saturated carbocycles. The van der Waals surface area contributed by atoms with Crippen LogP contribution in [-0.2, 0) is 25.6 Å². The first-order valence-corrected chi connectivity index (χ1v) is 12.9. The molecule has 4 rings (SSSR count). The lowest BCUT2D eigenvalue weighted by Gasteiger charge is -2.26. The lowest BCUT2D eigenvalue weighted by molar-refractivity contribution is -0.151. The standard InChI is InChI=1S/C31H35NO7/c1-7-38-29(33)17-28-31(34)32(18-21-12-13-22(35-4)16-27(21)37-6)25-14-11-19(2)15-24(25)30(39-28)23-9-8-10-26(36-5)20(23)3/h8-16,28,30H,7,17-18H2,1-6H3. The molecular formula is C31H35NO7. The van der Waals surface area contributed by atoms with E-state index in [2.05, 4.69) is 0 Å². The second kappa shape index (κ2) is 12.2. The third-order valence-electron chi connectivity index (χ3n) is 6.91. The molecule has 0 spiro atoms. The molecule has 2 unspecified atom stereocenters. The first-order chi connectivity index (χ1) is 18.8. The highest BCUT2D eigenvalue weighted by molar-refractivity contribution is 6.00. The first kappa shape index (κ1) is 28.0. The van der Waals surface area contributed by atoms with Crippen molar-refractivity contribution in [3.05, 3.63) is 82.4 Å². The molecule has 1 heterocycles. The van der Waals surface area contributed by atoms with Gasteiger partial charge in [-0.15, -0.1) is 0 Å². The molecule has 1 aliphatic rings. The third kappa shape index (κ3) is 5.86. The van der Waals surface area contributed by atoms with Crippen LogP contribution in [0.1, 0.15) is 47.3 Å². The number of carbonyl (C=O) groups excluding carboxylic acids is 2. The van der Waals surface area contributed by atoms with Gasteiger partial charge in [0, 0.05) is 17.2 Å². The van der Waals surface area contributed by atoms with Crippen molar-refractivity contribution < 1.29 is 33.3 Å². The Labute approximate surface area is 229 Å². The number of fused-ring (bicyclic) bond motifs is 1. The van der Waals surface area contributed by atoms with Gasteiger partial charge < -0.3 is 28.6 Å². The molecule has 0 N–H and O–H groups in total. The number of esters is 1. The van der Waals surface area contributed by atoms with Gasteiger partial charge in [-0.2, -0.15) is 0 Å². The SMILES string of the molecule is CCOC(=O)CC1OC(c2cccc(OC)c2C)c2cc(C)ccc2N(Cc2ccc(OC)cc2OC)C1=O. The molecule has 206 valence electrons. The number of nitrogens with zero attached hydrogens (tertiary/aromatic N) is 1. The van der Waals surface area contributed by atoms with Gasteiger partial charge in [0.25, 0.3) is 5.91 Å². The molecule has 0 bridgehead atoms. The average Bonchev–Trinajstić information content (AvgIpc) is 3.04. The zero-order valence-corrected chi connectivity index (χ0v) is 23.3. The number of hydrogen-bond donors (Lipinski definition) is 0. The minimum atomic E-state index is -1.07. The van der Waals surface area contributed by atoms with Crippen molar-refractivity contribution >= 4 is 17.6 Å². The zero-order valence-electron chi connectivity index (χ0n) is 23.3. The van der Waals surface area contributed by atoms with Crippen LogP contribution in [0.15, 0.2) is 54.6 Å². The van der Waals surface area contributed by atoms with Crippen molar-refractivity contribution in [3.63, 3.8) is 0 Å². The van der Waals surface area contributed by atoms with Crippen LogP contribution in [0.4, 0.5) is 5.69 Å². The molecule has 39 heavy (non-hydrogen) atoms. The summed E-state index contributed by atoms with van der Waals surface area (Å²) in [6.45, 7) is 6.10. The summed E-state index contributed by atoms with van der Waals surface area (Å²) in [6, 6.07) is 17.1. The van der Waals surface area contributed by atoms with E-state index in [0.717, 1.165) is 27.8 Å². The number of anilines is 1. The average molecular weight is 534 g/mol. The van der Waals surface area contributed by atoms with Crippen molar-refractivity contribution in [2.75, 3.05) is 32.8 Å². The number of ether oxygens (including phenoxy) is 5. The smallest absolute Gasteiger partial charge is 0.308 e. The highest BCUT2D eigenvalue weighted by Crippen LogP contribution is 2.42. The lowest BCUT2D eigenvalue weighted by Crippen LogP contribution is -2.40. The number of rotatable bonds is 9. The van der Waals surface area contributed by atoms with E-state index in [0.29, 0.717) is 22.9 Å². The van der Waals surface area contributed by atoms with Gasteiger partial charge in [0.15, 0.2) is 0 Å². The summed E-state index contributed by atoms with van der Waals surface area (Å²) in [5.41, 5.74) is 5.06. The van der Waals surface area contributed by atoms with Crippen molar-refractivity contribution in [3.8, 4) is 17.2 Å². The first-order valence-electron chi connectivity index (χ1n) is 12.9. The minimum absolute atomic E-state index is 0.203. The van der Waals surface area contributed by atoms with Gasteiger partial charge in [-0.1, -0.05) is 29.8 Å². The van der Waals surface area contributed by atoms with Gasteiger partial charge in [0.2, 0.25) is 0 Å². The highest BCUT2D eigenvalue weighted by atomic mass is 16.5. The number of methoxy groups -OCH3 is 3. The lowest BCUT2D eigenvalue weighted by atomic mass is 9.94. The topological polar surface area (TPSA) is 83.5 Å². The maximum absolute atomic E-state index is 14.1. The summed E-state index contributed by atoms with van der Waals surface area (Å²) in [5.74, 6) is 1.10. The van der Waals surface area contributed by atoms with Gasteiger partial charge >= 0.3 is 5.97 Å². The summed E-state index contributed by atoms with van der Waals surface area (Å²) in [5, 5.41) is 0. The molecule has 8 nitrogen and oxygen atoms in total. The van der Waals surface area contributed by atoms with E-state index in [9.17, 15) is 9.59 Å². The highest BCUT2D eigenvalue weighted by Gasteiger charge is 2.39. The van der Waals surface area contributed by atoms with Crippen LogP contribution < -0.4 is 19.1 Å². The van der Waals surface area contributed by atoms with E-state index >= 15 is 0 Å². The van der Waals surface area contributed by atoms with Crippen molar-refractivity contribution in [1.29, 1.82) is 0 Å². The predicted octanol–water partition coefficient (Wildman–Crippen LogP) is 5.30. The fourth-order valence-corrected chi connectivity index (χ4v) is 4.92. The summed E-state index contributed by atoms with van der Waals surface area (Å²) < 4.78 is 28.3. The van der Waals surface area contributed by atoms with Gasteiger partial charge in [-0.05, 0) is 56.2 Å². The number of aryl methyl sites for hydroxylation is 1. The molecule has 0 aliphatic carbocycles. The molecule has 1 amide bonds. The van der Waals surface area contributed by atoms with Gasteiger partial charge in [0.05, 0.1) is 46.6 Å². The molecular weight excluding hydrogens is 498 g/mol. The second-order valence-corrected chi connectivity index (χ2v) is 9.35. The monoisotopic (exact) mass is 533 g/mol. The molecule has 0 fully saturated rings. The third-order valence-corrected chi connectivity index (χ3v) is 6.91. The molecule has 0 radical (unpaired) electrons. The molecule has 3 aromatic carbocycles. The van der Waals surface area contributed by atoms with Crippen LogP contribution in [0, 0.1) is 13.8 Å². The maximum Gasteiger partial charge on any atom is 0.308 e. The van der Waals surface area contributed by atoms with Gasteiger partial charge in [0.1, 0.15) is 29.5 Å². The van der Waals surface area contributed by atoms with E-state index in [1.54, 1.807) is 39.2 Å². The van der Waals surface area contributed by atoms with Crippen LogP contribution in [0.25, 0.3) is 0 Å². The summed E-state index contributed by atoms with van der Waals surface area (Å²) in [4.78, 5) is 28.4. The van der Waals surface area contributed by atoms with E-state index < -0.39 is 18.2 Å². The normalized spacial score (nSPS) is 16.8. The summed E-state index contributed by atoms with van der Waals surface area (Å²) in [7, 11) is 4.78. The molecule has 8 heteroatoms. The second-order valence-electron chi connectivity index (χ2n) is 9.35. The molecule has 0 saturated heterocycles. The quantitative estimate of drug-likeness (QED) is 0.345. The Morgan fingerprint density at radius 2 is 1.69 bits per heavy atom. The molecule has 3 aromatic rings. The van der Waals surface area contributed by atoms with E-state index in [1.807, 2.05) is 62.4 Å². The maximum atomic E-state index is 14.1. The number of hydrogen-bond acceptors (Lipinski definition) is 7. The van der Waals surface area contributed by atoms with Crippen LogP contribution >= 0.6 is 0 Å². The molecule has 0 aromatic heterocycles.